The minimum absolute atomic E-state index is 0.0432. The molecule has 2 aromatic rings. The van der Waals surface area contributed by atoms with E-state index in [0.29, 0.717) is 11.3 Å². The highest BCUT2D eigenvalue weighted by Crippen LogP contribution is 2.30. The minimum Gasteiger partial charge on any atom is -0.508 e. The van der Waals surface area contributed by atoms with Gasteiger partial charge >= 0.3 is 0 Å². The molecule has 118 valence electrons. The van der Waals surface area contributed by atoms with Gasteiger partial charge in [-0.2, -0.15) is 0 Å². The topological polar surface area (TPSA) is 74.9 Å². The molecule has 4 N–H and O–H groups in total. The predicted molar refractivity (Wildman–Crippen MR) is 90.0 cm³/mol. The fourth-order valence-corrected chi connectivity index (χ4v) is 1.99. The lowest BCUT2D eigenvalue weighted by atomic mass is 10.0. The quantitative estimate of drug-likeness (QED) is 0.576. The molecule has 0 atom stereocenters. The summed E-state index contributed by atoms with van der Waals surface area (Å²) in [6, 6.07) is 1.35. The second-order valence-corrected chi connectivity index (χ2v) is 4.54. The summed E-state index contributed by atoms with van der Waals surface area (Å²) in [5.41, 5.74) is 9.16. The predicted octanol–water partition coefficient (Wildman–Crippen LogP) is 4.53. The minimum atomic E-state index is -0.537. The van der Waals surface area contributed by atoms with Crippen molar-refractivity contribution in [2.45, 2.75) is 27.7 Å². The highest BCUT2D eigenvalue weighted by Gasteiger charge is 2.14. The van der Waals surface area contributed by atoms with E-state index in [1.54, 1.807) is 19.2 Å². The fourth-order valence-electron chi connectivity index (χ4n) is 1.99. The maximum Gasteiger partial charge on any atom is 0.165 e. The molecule has 5 heteroatoms. The number of pyridine rings is 1. The number of aromatic nitrogens is 2. The van der Waals surface area contributed by atoms with Crippen molar-refractivity contribution in [1.29, 1.82) is 0 Å². The molecule has 2 rings (SSSR count). The Labute approximate surface area is 130 Å². The van der Waals surface area contributed by atoms with Gasteiger partial charge in [0.1, 0.15) is 5.76 Å². The molecule has 0 radical (unpaired) electrons. The molecule has 0 unspecified atom stereocenters. The summed E-state index contributed by atoms with van der Waals surface area (Å²) in [6.45, 7) is 11.1. The molecule has 0 aliphatic rings. The van der Waals surface area contributed by atoms with Gasteiger partial charge in [0, 0.05) is 23.0 Å². The molecule has 22 heavy (non-hydrogen) atoms. The lowest BCUT2D eigenvalue weighted by Gasteiger charge is -2.07. The molecule has 2 heterocycles. The Kier molecular flexibility index (Phi) is 5.92. The third kappa shape index (κ3) is 3.55. The zero-order valence-corrected chi connectivity index (χ0v) is 13.4. The van der Waals surface area contributed by atoms with Crippen LogP contribution in [0.2, 0.25) is 0 Å². The van der Waals surface area contributed by atoms with Crippen molar-refractivity contribution >= 4 is 11.9 Å². The zero-order chi connectivity index (χ0) is 16.9. The number of rotatable bonds is 3. The lowest BCUT2D eigenvalue weighted by molar-refractivity contribution is 0.438. The number of aryl methyl sites for hydroxylation is 2. The number of nitrogens with one attached hydrogen (secondary N) is 1. The number of H-pyrrole nitrogens is 1. The maximum absolute atomic E-state index is 13.4. The smallest absolute Gasteiger partial charge is 0.165 e. The van der Waals surface area contributed by atoms with Crippen molar-refractivity contribution in [2.75, 3.05) is 5.73 Å². The van der Waals surface area contributed by atoms with Crippen molar-refractivity contribution < 1.29 is 9.50 Å². The van der Waals surface area contributed by atoms with Crippen LogP contribution in [-0.4, -0.2) is 15.1 Å². The van der Waals surface area contributed by atoms with Crippen LogP contribution in [0.3, 0.4) is 0 Å². The molecular weight excluding hydrogens is 281 g/mol. The molecule has 0 amide bonds. The number of allylic oxidation sites excluding steroid dienone is 1. The van der Waals surface area contributed by atoms with Crippen molar-refractivity contribution in [3.8, 4) is 11.3 Å². The summed E-state index contributed by atoms with van der Waals surface area (Å²) >= 11 is 0. The van der Waals surface area contributed by atoms with Gasteiger partial charge in [0.15, 0.2) is 11.6 Å². The zero-order valence-electron chi connectivity index (χ0n) is 13.4. The standard InChI is InChI=1S/C15H16FN3O.C2H6/c1-4-10(20)6-11-9(3)18-7-12(11)14-8(2)5-13(16)15(17)19-14;1-2/h4-7,18,20H,1H2,2-3H3,(H2,17,19);1-2H3/b10-6+;. The van der Waals surface area contributed by atoms with E-state index in [1.807, 2.05) is 20.8 Å². The van der Waals surface area contributed by atoms with Gasteiger partial charge in [-0.1, -0.05) is 20.4 Å². The highest BCUT2D eigenvalue weighted by molar-refractivity contribution is 5.77. The first-order valence-electron chi connectivity index (χ1n) is 7.08. The van der Waals surface area contributed by atoms with Crippen LogP contribution in [0.5, 0.6) is 0 Å². The van der Waals surface area contributed by atoms with Gasteiger partial charge in [-0.25, -0.2) is 9.37 Å². The van der Waals surface area contributed by atoms with E-state index < -0.39 is 5.82 Å². The summed E-state index contributed by atoms with van der Waals surface area (Å²) in [7, 11) is 0. The molecule has 0 aromatic carbocycles. The highest BCUT2D eigenvalue weighted by atomic mass is 19.1. The molecule has 0 bridgehead atoms. The monoisotopic (exact) mass is 303 g/mol. The number of hydrogen-bond acceptors (Lipinski definition) is 3. The molecule has 0 saturated carbocycles. The van der Waals surface area contributed by atoms with Crippen LogP contribution in [0.4, 0.5) is 10.2 Å². The first kappa shape index (κ1) is 17.5. The molecule has 0 aliphatic heterocycles. The summed E-state index contributed by atoms with van der Waals surface area (Å²) in [4.78, 5) is 7.16. The molecule has 0 saturated heterocycles. The van der Waals surface area contributed by atoms with E-state index in [-0.39, 0.29) is 11.6 Å². The van der Waals surface area contributed by atoms with E-state index >= 15 is 0 Å². The first-order valence-corrected chi connectivity index (χ1v) is 7.08. The lowest BCUT2D eigenvalue weighted by Crippen LogP contribution is -1.99. The maximum atomic E-state index is 13.4. The number of nitrogen functional groups attached to an aromatic ring is 1. The summed E-state index contributed by atoms with van der Waals surface area (Å²) in [6.07, 6.45) is 4.68. The number of aliphatic hydroxyl groups excluding tert-OH is 1. The molecule has 0 aliphatic carbocycles. The van der Waals surface area contributed by atoms with E-state index in [0.717, 1.165) is 16.8 Å². The average molecular weight is 303 g/mol. The Morgan fingerprint density at radius 3 is 2.64 bits per heavy atom. The third-order valence-electron chi connectivity index (χ3n) is 3.08. The van der Waals surface area contributed by atoms with E-state index in [4.69, 9.17) is 5.73 Å². The fraction of sp³-hybridized carbons (Fsp3) is 0.235. The Balaban J connectivity index is 0.00000116. The van der Waals surface area contributed by atoms with E-state index in [9.17, 15) is 9.50 Å². The Morgan fingerprint density at radius 2 is 2.05 bits per heavy atom. The van der Waals surface area contributed by atoms with Gasteiger partial charge in [-0.3, -0.25) is 0 Å². The molecule has 0 spiro atoms. The first-order chi connectivity index (χ1) is 10.4. The van der Waals surface area contributed by atoms with E-state index in [1.165, 1.54) is 12.1 Å². The largest absolute Gasteiger partial charge is 0.508 e. The number of nitrogens with zero attached hydrogens (tertiary/aromatic N) is 1. The molecular formula is C17H22FN3O. The normalized spacial score (nSPS) is 10.9. The van der Waals surface area contributed by atoms with Crippen molar-refractivity contribution in [2.24, 2.45) is 0 Å². The number of anilines is 1. The Hall–Kier alpha value is -2.56. The van der Waals surface area contributed by atoms with Gasteiger partial charge in [-0.15, -0.1) is 0 Å². The number of aromatic amines is 1. The summed E-state index contributed by atoms with van der Waals surface area (Å²) in [5, 5.41) is 9.62. The van der Waals surface area contributed by atoms with Crippen LogP contribution in [0.15, 0.2) is 30.7 Å². The van der Waals surface area contributed by atoms with Crippen LogP contribution in [-0.2, 0) is 0 Å². The van der Waals surface area contributed by atoms with E-state index in [2.05, 4.69) is 16.5 Å². The summed E-state index contributed by atoms with van der Waals surface area (Å²) in [5.74, 6) is -0.640. The molecule has 0 fully saturated rings. The van der Waals surface area contributed by atoms with Gasteiger partial charge < -0.3 is 15.8 Å². The number of nitrogens with two attached hydrogens (primary N) is 1. The van der Waals surface area contributed by atoms with Crippen molar-refractivity contribution in [3.63, 3.8) is 0 Å². The van der Waals surface area contributed by atoms with Crippen LogP contribution < -0.4 is 5.73 Å². The van der Waals surface area contributed by atoms with Crippen LogP contribution >= 0.6 is 0 Å². The van der Waals surface area contributed by atoms with Gasteiger partial charge in [0.05, 0.1) is 5.69 Å². The number of aliphatic hydroxyl groups is 1. The Morgan fingerprint density at radius 1 is 1.41 bits per heavy atom. The van der Waals surface area contributed by atoms with Crippen molar-refractivity contribution in [1.82, 2.24) is 9.97 Å². The third-order valence-corrected chi connectivity index (χ3v) is 3.08. The van der Waals surface area contributed by atoms with Gasteiger partial charge in [0.25, 0.3) is 0 Å². The number of halogens is 1. The second kappa shape index (κ2) is 7.45. The molecule has 4 nitrogen and oxygen atoms in total. The summed E-state index contributed by atoms with van der Waals surface area (Å²) < 4.78 is 13.4. The van der Waals surface area contributed by atoms with Gasteiger partial charge in [-0.05, 0) is 37.6 Å². The SMILES string of the molecule is C=C/C(O)=C\c1c(-c2nc(N)c(F)cc2C)c[nH]c1C.CC. The average Bonchev–Trinajstić information content (AvgIpc) is 2.86. The molecule has 2 aromatic heterocycles. The van der Waals surface area contributed by atoms with Crippen LogP contribution in [0, 0.1) is 19.7 Å². The second-order valence-electron chi connectivity index (χ2n) is 4.54. The Bertz CT molecular complexity index is 702. The van der Waals surface area contributed by atoms with Crippen LogP contribution in [0.25, 0.3) is 17.3 Å². The number of hydrogen-bond donors (Lipinski definition) is 3. The van der Waals surface area contributed by atoms with Gasteiger partial charge in [0.2, 0.25) is 0 Å². The van der Waals surface area contributed by atoms with Crippen LogP contribution in [0.1, 0.15) is 30.7 Å². The van der Waals surface area contributed by atoms with Crippen molar-refractivity contribution in [3.05, 3.63) is 53.3 Å².